The Labute approximate surface area is 185 Å². The highest BCUT2D eigenvalue weighted by atomic mass is 79.9. The van der Waals surface area contributed by atoms with E-state index in [1.165, 1.54) is 31.2 Å². The van der Waals surface area contributed by atoms with E-state index in [1.54, 1.807) is 0 Å². The molecule has 3 aromatic rings. The van der Waals surface area contributed by atoms with Gasteiger partial charge in [0.05, 0.1) is 17.8 Å². The Kier molecular flexibility index (Phi) is 5.14. The van der Waals surface area contributed by atoms with E-state index in [4.69, 9.17) is 12.2 Å². The van der Waals surface area contributed by atoms with Gasteiger partial charge in [0.2, 0.25) is 0 Å². The van der Waals surface area contributed by atoms with Crippen molar-refractivity contribution in [1.29, 1.82) is 0 Å². The summed E-state index contributed by atoms with van der Waals surface area (Å²) in [7, 11) is 0. The lowest BCUT2D eigenvalue weighted by Crippen LogP contribution is -2.29. The normalized spacial score (nSPS) is 22.2. The van der Waals surface area contributed by atoms with Crippen LogP contribution in [0.25, 0.3) is 0 Å². The minimum Gasteiger partial charge on any atom is -0.351 e. The van der Waals surface area contributed by atoms with Crippen LogP contribution < -0.4 is 10.2 Å². The highest BCUT2D eigenvalue weighted by Crippen LogP contribution is 2.42. The number of halogens is 1. The second-order valence-corrected chi connectivity index (χ2v) is 9.11. The van der Waals surface area contributed by atoms with E-state index in [2.05, 4.69) is 84.5 Å². The first kappa shape index (κ1) is 18.8. The standard InChI is InChI=1S/C23H23BrN4S/c24-17-8-10-19(11-9-17)28-22(16-12-14-27(15-16)18-5-1-2-6-18)21(26-23(28)29)20-7-3-4-13-25-20/h3-4,7-15,18,21-22H,1-2,5-6H2,(H,26,29)/t21-,22-/m0/s1. The summed E-state index contributed by atoms with van der Waals surface area (Å²) < 4.78 is 3.46. The number of nitrogens with one attached hydrogen (secondary N) is 1. The predicted molar refractivity (Wildman–Crippen MR) is 124 cm³/mol. The predicted octanol–water partition coefficient (Wildman–Crippen LogP) is 5.94. The lowest BCUT2D eigenvalue weighted by Gasteiger charge is -2.27. The molecule has 1 saturated heterocycles. The van der Waals surface area contributed by atoms with Crippen molar-refractivity contribution in [2.24, 2.45) is 0 Å². The molecule has 2 aromatic heterocycles. The molecule has 1 aliphatic carbocycles. The Bertz CT molecular complexity index is 995. The van der Waals surface area contributed by atoms with Gasteiger partial charge in [0.15, 0.2) is 5.11 Å². The van der Waals surface area contributed by atoms with Crippen molar-refractivity contribution in [3.05, 3.63) is 82.9 Å². The number of nitrogens with zero attached hydrogens (tertiary/aromatic N) is 3. The lowest BCUT2D eigenvalue weighted by atomic mass is 9.98. The molecule has 0 unspecified atom stereocenters. The number of benzene rings is 1. The number of hydrogen-bond donors (Lipinski definition) is 1. The summed E-state index contributed by atoms with van der Waals surface area (Å²) in [6.45, 7) is 0. The quantitative estimate of drug-likeness (QED) is 0.482. The van der Waals surface area contributed by atoms with Gasteiger partial charge in [-0.3, -0.25) is 4.98 Å². The molecule has 2 fully saturated rings. The Hall–Kier alpha value is -2.18. The third-order valence-electron chi connectivity index (χ3n) is 6.03. The SMILES string of the molecule is S=C1N[C@@H](c2ccccn2)[C@H](c2ccn(C3CCCC3)c2)N1c1ccc(Br)cc1. The lowest BCUT2D eigenvalue weighted by molar-refractivity contribution is 0.515. The summed E-state index contributed by atoms with van der Waals surface area (Å²) in [6, 6.07) is 17.4. The minimum atomic E-state index is 0.00627. The fraction of sp³-hybridized carbons (Fsp3) is 0.304. The van der Waals surface area contributed by atoms with Crippen LogP contribution in [-0.4, -0.2) is 14.7 Å². The first-order valence-corrected chi connectivity index (χ1v) is 11.3. The number of aromatic nitrogens is 2. The van der Waals surface area contributed by atoms with Crippen molar-refractivity contribution >= 4 is 38.9 Å². The molecule has 1 saturated carbocycles. The van der Waals surface area contributed by atoms with E-state index in [0.717, 1.165) is 21.0 Å². The van der Waals surface area contributed by atoms with Crippen molar-refractivity contribution in [2.75, 3.05) is 4.90 Å². The molecule has 2 atom stereocenters. The monoisotopic (exact) mass is 466 g/mol. The van der Waals surface area contributed by atoms with Crippen LogP contribution in [0, 0.1) is 0 Å². The molecule has 0 amide bonds. The van der Waals surface area contributed by atoms with Crippen LogP contribution >= 0.6 is 28.1 Å². The molecule has 0 bridgehead atoms. The van der Waals surface area contributed by atoms with Crippen LogP contribution in [0.1, 0.15) is 55.1 Å². The Balaban J connectivity index is 1.56. The number of thiocarbonyl (C=S) groups is 1. The summed E-state index contributed by atoms with van der Waals surface area (Å²) in [5.74, 6) is 0. The first-order chi connectivity index (χ1) is 14.2. The van der Waals surface area contributed by atoms with Gasteiger partial charge in [-0.2, -0.15) is 0 Å². The maximum Gasteiger partial charge on any atom is 0.174 e. The third kappa shape index (κ3) is 3.60. The largest absolute Gasteiger partial charge is 0.351 e. The average Bonchev–Trinajstić information content (AvgIpc) is 3.49. The molecule has 5 rings (SSSR count). The Morgan fingerprint density at radius 1 is 1.03 bits per heavy atom. The molecule has 0 radical (unpaired) electrons. The zero-order chi connectivity index (χ0) is 19.8. The van der Waals surface area contributed by atoms with Crippen LogP contribution in [0.3, 0.4) is 0 Å². The van der Waals surface area contributed by atoms with Gasteiger partial charge in [0.25, 0.3) is 0 Å². The summed E-state index contributed by atoms with van der Waals surface area (Å²) in [6.07, 6.45) is 11.6. The molecule has 29 heavy (non-hydrogen) atoms. The van der Waals surface area contributed by atoms with Crippen LogP contribution in [0.4, 0.5) is 5.69 Å². The third-order valence-corrected chi connectivity index (χ3v) is 6.87. The number of rotatable bonds is 4. The van der Waals surface area contributed by atoms with Crippen molar-refractivity contribution in [3.63, 3.8) is 0 Å². The van der Waals surface area contributed by atoms with Gasteiger partial charge >= 0.3 is 0 Å². The molecule has 4 nitrogen and oxygen atoms in total. The zero-order valence-corrected chi connectivity index (χ0v) is 18.4. The molecule has 1 aliphatic heterocycles. The van der Waals surface area contributed by atoms with Gasteiger partial charge in [-0.1, -0.05) is 34.8 Å². The van der Waals surface area contributed by atoms with E-state index < -0.39 is 0 Å². The van der Waals surface area contributed by atoms with Crippen molar-refractivity contribution < 1.29 is 0 Å². The highest BCUT2D eigenvalue weighted by Gasteiger charge is 2.41. The molecule has 0 spiro atoms. The summed E-state index contributed by atoms with van der Waals surface area (Å²) in [5, 5.41) is 4.27. The molecular weight excluding hydrogens is 444 g/mol. The molecular formula is C23H23BrN4S. The van der Waals surface area contributed by atoms with Gasteiger partial charge in [-0.05, 0) is 73.1 Å². The van der Waals surface area contributed by atoms with E-state index in [9.17, 15) is 0 Å². The minimum absolute atomic E-state index is 0.00627. The maximum absolute atomic E-state index is 5.79. The molecule has 148 valence electrons. The van der Waals surface area contributed by atoms with Crippen molar-refractivity contribution in [2.45, 2.75) is 43.8 Å². The van der Waals surface area contributed by atoms with E-state index in [1.807, 2.05) is 18.3 Å². The molecule has 3 heterocycles. The zero-order valence-electron chi connectivity index (χ0n) is 16.0. The van der Waals surface area contributed by atoms with Gasteiger partial charge in [-0.25, -0.2) is 0 Å². The fourth-order valence-corrected chi connectivity index (χ4v) is 5.22. The second-order valence-electron chi connectivity index (χ2n) is 7.80. The van der Waals surface area contributed by atoms with Crippen LogP contribution in [0.5, 0.6) is 0 Å². The number of anilines is 1. The molecule has 1 N–H and O–H groups in total. The average molecular weight is 467 g/mol. The topological polar surface area (TPSA) is 33.1 Å². The maximum atomic E-state index is 5.79. The van der Waals surface area contributed by atoms with Gasteiger partial charge in [0, 0.05) is 34.8 Å². The summed E-state index contributed by atoms with van der Waals surface area (Å²) in [4.78, 5) is 6.87. The van der Waals surface area contributed by atoms with E-state index in [-0.39, 0.29) is 12.1 Å². The van der Waals surface area contributed by atoms with Gasteiger partial charge in [0.1, 0.15) is 0 Å². The first-order valence-electron chi connectivity index (χ1n) is 10.1. The summed E-state index contributed by atoms with van der Waals surface area (Å²) >= 11 is 9.33. The van der Waals surface area contributed by atoms with Crippen molar-refractivity contribution in [3.8, 4) is 0 Å². The van der Waals surface area contributed by atoms with Crippen molar-refractivity contribution in [1.82, 2.24) is 14.9 Å². The smallest absolute Gasteiger partial charge is 0.174 e. The van der Waals surface area contributed by atoms with Crippen LogP contribution in [-0.2, 0) is 0 Å². The summed E-state index contributed by atoms with van der Waals surface area (Å²) in [5.41, 5.74) is 3.36. The number of pyridine rings is 1. The molecule has 6 heteroatoms. The van der Waals surface area contributed by atoms with Gasteiger partial charge < -0.3 is 14.8 Å². The molecule has 2 aliphatic rings. The Morgan fingerprint density at radius 3 is 2.55 bits per heavy atom. The second kappa shape index (κ2) is 7.92. The number of hydrogen-bond acceptors (Lipinski definition) is 2. The highest BCUT2D eigenvalue weighted by molar-refractivity contribution is 9.10. The van der Waals surface area contributed by atoms with Crippen LogP contribution in [0.15, 0.2) is 71.6 Å². The van der Waals surface area contributed by atoms with E-state index in [0.29, 0.717) is 6.04 Å². The van der Waals surface area contributed by atoms with Crippen LogP contribution in [0.2, 0.25) is 0 Å². The van der Waals surface area contributed by atoms with Gasteiger partial charge in [-0.15, -0.1) is 0 Å². The molecule has 1 aromatic carbocycles. The fourth-order valence-electron chi connectivity index (χ4n) is 4.61. The Morgan fingerprint density at radius 2 is 1.83 bits per heavy atom. The van der Waals surface area contributed by atoms with E-state index >= 15 is 0 Å².